The fraction of sp³-hybridized carbons (Fsp3) is 0.462. The van der Waals surface area contributed by atoms with Crippen molar-refractivity contribution in [2.45, 2.75) is 13.8 Å². The van der Waals surface area contributed by atoms with Crippen molar-refractivity contribution >= 4 is 17.3 Å². The zero-order chi connectivity index (χ0) is 12.3. The normalized spacial score (nSPS) is 13.8. The topological polar surface area (TPSA) is 32.8 Å². The van der Waals surface area contributed by atoms with E-state index in [1.165, 1.54) is 5.69 Å². The van der Waals surface area contributed by atoms with Crippen LogP contribution in [0.4, 0.5) is 11.4 Å². The van der Waals surface area contributed by atoms with Crippen molar-refractivity contribution in [3.8, 4) is 0 Å². The molecule has 0 spiro atoms. The SMILES string of the molecule is CCOC(=O)CN1CN(CC)c2ccccc21. The van der Waals surface area contributed by atoms with Gasteiger partial charge in [-0.05, 0) is 26.0 Å². The van der Waals surface area contributed by atoms with Gasteiger partial charge < -0.3 is 14.5 Å². The third-order valence-electron chi connectivity index (χ3n) is 2.91. The number of rotatable bonds is 4. The largest absolute Gasteiger partial charge is 0.465 e. The van der Waals surface area contributed by atoms with Crippen LogP contribution in [0.2, 0.25) is 0 Å². The number of ether oxygens (including phenoxy) is 1. The van der Waals surface area contributed by atoms with Crippen LogP contribution in [0.25, 0.3) is 0 Å². The molecule has 0 aromatic heterocycles. The lowest BCUT2D eigenvalue weighted by molar-refractivity contribution is -0.141. The second-order valence-corrected chi connectivity index (χ2v) is 3.99. The molecule has 0 aliphatic carbocycles. The van der Waals surface area contributed by atoms with Crippen LogP contribution in [0, 0.1) is 0 Å². The van der Waals surface area contributed by atoms with Gasteiger partial charge in [0.25, 0.3) is 0 Å². The lowest BCUT2D eigenvalue weighted by Gasteiger charge is -2.19. The third-order valence-corrected chi connectivity index (χ3v) is 2.91. The first kappa shape index (κ1) is 11.8. The standard InChI is InChI=1S/C13H18N2O2/c1-3-14-10-15(9-13(16)17-4-2)12-8-6-5-7-11(12)14/h5-8H,3-4,9-10H2,1-2H3. The summed E-state index contributed by atoms with van der Waals surface area (Å²) in [5.41, 5.74) is 2.31. The predicted molar refractivity (Wildman–Crippen MR) is 68.3 cm³/mol. The minimum atomic E-state index is -0.166. The quantitative estimate of drug-likeness (QED) is 0.744. The molecule has 17 heavy (non-hydrogen) atoms. The molecule has 0 saturated heterocycles. The Morgan fingerprint density at radius 1 is 1.24 bits per heavy atom. The first-order chi connectivity index (χ1) is 8.26. The highest BCUT2D eigenvalue weighted by Gasteiger charge is 2.25. The van der Waals surface area contributed by atoms with Gasteiger partial charge in [-0.1, -0.05) is 12.1 Å². The summed E-state index contributed by atoms with van der Waals surface area (Å²) in [6.07, 6.45) is 0. The molecule has 1 aromatic rings. The molecule has 0 atom stereocenters. The summed E-state index contributed by atoms with van der Waals surface area (Å²) < 4.78 is 4.99. The third kappa shape index (κ3) is 2.35. The van der Waals surface area contributed by atoms with Crippen LogP contribution >= 0.6 is 0 Å². The number of para-hydroxylation sites is 2. The first-order valence-electron chi connectivity index (χ1n) is 6.00. The summed E-state index contributed by atoms with van der Waals surface area (Å²) >= 11 is 0. The number of carbonyl (C=O) groups excluding carboxylic acids is 1. The number of esters is 1. The Bertz CT molecular complexity index is 406. The van der Waals surface area contributed by atoms with Crippen LogP contribution in [0.3, 0.4) is 0 Å². The molecule has 0 fully saturated rings. The van der Waals surface area contributed by atoms with Crippen molar-refractivity contribution < 1.29 is 9.53 Å². The summed E-state index contributed by atoms with van der Waals surface area (Å²) in [6, 6.07) is 8.15. The molecule has 1 heterocycles. The Hall–Kier alpha value is -1.71. The number of hydrogen-bond acceptors (Lipinski definition) is 4. The molecule has 0 bridgehead atoms. The van der Waals surface area contributed by atoms with Gasteiger partial charge in [0.05, 0.1) is 24.7 Å². The Labute approximate surface area is 102 Å². The van der Waals surface area contributed by atoms with E-state index in [9.17, 15) is 4.79 Å². The lowest BCUT2D eigenvalue weighted by atomic mass is 10.2. The Morgan fingerprint density at radius 3 is 2.47 bits per heavy atom. The summed E-state index contributed by atoms with van der Waals surface area (Å²) in [6.45, 7) is 6.40. The highest BCUT2D eigenvalue weighted by Crippen LogP contribution is 2.34. The van der Waals surface area contributed by atoms with Gasteiger partial charge in [-0.25, -0.2) is 0 Å². The summed E-state index contributed by atoms with van der Waals surface area (Å²) in [5.74, 6) is -0.166. The van der Waals surface area contributed by atoms with Crippen LogP contribution < -0.4 is 9.80 Å². The summed E-state index contributed by atoms with van der Waals surface area (Å²) in [7, 11) is 0. The van der Waals surface area contributed by atoms with E-state index in [4.69, 9.17) is 4.74 Å². The van der Waals surface area contributed by atoms with Gasteiger partial charge in [-0.2, -0.15) is 0 Å². The Balaban J connectivity index is 2.14. The minimum Gasteiger partial charge on any atom is -0.465 e. The number of hydrogen-bond donors (Lipinski definition) is 0. The molecule has 2 rings (SSSR count). The molecular weight excluding hydrogens is 216 g/mol. The van der Waals surface area contributed by atoms with Gasteiger partial charge in [0.1, 0.15) is 6.54 Å². The second-order valence-electron chi connectivity index (χ2n) is 3.99. The van der Waals surface area contributed by atoms with Gasteiger partial charge in [-0.3, -0.25) is 4.79 Å². The van der Waals surface area contributed by atoms with Crippen molar-refractivity contribution in [1.82, 2.24) is 0 Å². The maximum atomic E-state index is 11.5. The zero-order valence-corrected chi connectivity index (χ0v) is 10.3. The number of fused-ring (bicyclic) bond motifs is 1. The highest BCUT2D eigenvalue weighted by atomic mass is 16.5. The van der Waals surface area contributed by atoms with E-state index in [0.717, 1.165) is 18.9 Å². The van der Waals surface area contributed by atoms with Crippen LogP contribution in [-0.2, 0) is 9.53 Å². The fourth-order valence-corrected chi connectivity index (χ4v) is 2.13. The van der Waals surface area contributed by atoms with Gasteiger partial charge >= 0.3 is 5.97 Å². The van der Waals surface area contributed by atoms with E-state index < -0.39 is 0 Å². The number of nitrogens with zero attached hydrogens (tertiary/aromatic N) is 2. The fourth-order valence-electron chi connectivity index (χ4n) is 2.13. The van der Waals surface area contributed by atoms with E-state index >= 15 is 0 Å². The Kier molecular flexibility index (Phi) is 3.52. The van der Waals surface area contributed by atoms with E-state index in [1.54, 1.807) is 0 Å². The number of benzene rings is 1. The molecule has 1 aliphatic rings. The van der Waals surface area contributed by atoms with Crippen LogP contribution in [0.5, 0.6) is 0 Å². The molecule has 4 nitrogen and oxygen atoms in total. The van der Waals surface area contributed by atoms with Crippen LogP contribution in [-0.4, -0.2) is 32.3 Å². The van der Waals surface area contributed by atoms with Crippen molar-refractivity contribution in [3.63, 3.8) is 0 Å². The molecular formula is C13H18N2O2. The average molecular weight is 234 g/mol. The maximum Gasteiger partial charge on any atom is 0.325 e. The van der Waals surface area contributed by atoms with Gasteiger partial charge in [-0.15, -0.1) is 0 Å². The van der Waals surface area contributed by atoms with Crippen molar-refractivity contribution in [1.29, 1.82) is 0 Å². The molecule has 4 heteroatoms. The first-order valence-corrected chi connectivity index (χ1v) is 6.00. The lowest BCUT2D eigenvalue weighted by Crippen LogP contribution is -2.35. The molecule has 0 N–H and O–H groups in total. The molecule has 92 valence electrons. The maximum absolute atomic E-state index is 11.5. The molecule has 1 aliphatic heterocycles. The Morgan fingerprint density at radius 2 is 1.88 bits per heavy atom. The van der Waals surface area contributed by atoms with Crippen molar-refractivity contribution in [2.75, 3.05) is 36.2 Å². The average Bonchev–Trinajstić information content (AvgIpc) is 2.68. The molecule has 0 saturated carbocycles. The zero-order valence-electron chi connectivity index (χ0n) is 10.3. The summed E-state index contributed by atoms with van der Waals surface area (Å²) in [5, 5.41) is 0. The van der Waals surface area contributed by atoms with E-state index in [0.29, 0.717) is 13.2 Å². The monoisotopic (exact) mass is 234 g/mol. The number of anilines is 2. The molecule has 0 unspecified atom stereocenters. The van der Waals surface area contributed by atoms with Gasteiger partial charge in [0.15, 0.2) is 0 Å². The van der Waals surface area contributed by atoms with E-state index in [-0.39, 0.29) is 5.97 Å². The van der Waals surface area contributed by atoms with Crippen molar-refractivity contribution in [3.05, 3.63) is 24.3 Å². The smallest absolute Gasteiger partial charge is 0.325 e. The molecule has 0 radical (unpaired) electrons. The van der Waals surface area contributed by atoms with Gasteiger partial charge in [0.2, 0.25) is 0 Å². The summed E-state index contributed by atoms with van der Waals surface area (Å²) in [4.78, 5) is 15.8. The second kappa shape index (κ2) is 5.08. The predicted octanol–water partition coefficient (Wildman–Crippen LogP) is 1.85. The van der Waals surface area contributed by atoms with E-state index in [1.807, 2.05) is 25.1 Å². The van der Waals surface area contributed by atoms with Crippen molar-refractivity contribution in [2.24, 2.45) is 0 Å². The van der Waals surface area contributed by atoms with E-state index in [2.05, 4.69) is 22.8 Å². The minimum absolute atomic E-state index is 0.166. The molecule has 0 amide bonds. The highest BCUT2D eigenvalue weighted by molar-refractivity contribution is 5.82. The molecule has 1 aromatic carbocycles. The van der Waals surface area contributed by atoms with Crippen LogP contribution in [0.15, 0.2) is 24.3 Å². The number of carbonyl (C=O) groups is 1. The van der Waals surface area contributed by atoms with Crippen LogP contribution in [0.1, 0.15) is 13.8 Å². The van der Waals surface area contributed by atoms with Gasteiger partial charge in [0, 0.05) is 6.54 Å².